The molecule has 0 saturated carbocycles. The number of nitrogens with two attached hydrogens (primary N) is 1. The van der Waals surface area contributed by atoms with Gasteiger partial charge >= 0.3 is 0 Å². The summed E-state index contributed by atoms with van der Waals surface area (Å²) >= 11 is 2.27. The van der Waals surface area contributed by atoms with Gasteiger partial charge in [0.1, 0.15) is 47.4 Å². The van der Waals surface area contributed by atoms with E-state index in [-0.39, 0.29) is 5.82 Å². The number of nitrogens with zero attached hydrogens (tertiary/aromatic N) is 6. The number of rotatable bonds is 5. The minimum absolute atomic E-state index is 0.0946. The Morgan fingerprint density at radius 3 is 2.84 bits per heavy atom. The summed E-state index contributed by atoms with van der Waals surface area (Å²) in [6.07, 6.45) is 4.79. The minimum Gasteiger partial charge on any atom is -0.394 e. The molecule has 0 radical (unpaired) electrons. The zero-order valence-corrected chi connectivity index (χ0v) is 17.9. The summed E-state index contributed by atoms with van der Waals surface area (Å²) in [6, 6.07) is 0.603. The van der Waals surface area contributed by atoms with E-state index in [1.54, 1.807) is 11.4 Å². The molecule has 3 aromatic heterocycles. The summed E-state index contributed by atoms with van der Waals surface area (Å²) in [5.74, 6) is 2.55. The van der Waals surface area contributed by atoms with E-state index < -0.39 is 36.4 Å². The number of anilines is 1. The van der Waals surface area contributed by atoms with E-state index in [1.807, 2.05) is 0 Å². The molecule has 0 spiro atoms. The molecule has 4 rings (SSSR count). The van der Waals surface area contributed by atoms with Gasteiger partial charge in [-0.25, -0.2) is 9.67 Å². The van der Waals surface area contributed by atoms with Crippen LogP contribution in [0.2, 0.25) is 0 Å². The summed E-state index contributed by atoms with van der Waals surface area (Å²) < 4.78 is 7.04. The predicted molar refractivity (Wildman–Crippen MR) is 117 cm³/mol. The van der Waals surface area contributed by atoms with E-state index in [2.05, 4.69) is 31.0 Å². The van der Waals surface area contributed by atoms with Crippen LogP contribution in [-0.4, -0.2) is 70.6 Å². The van der Waals surface area contributed by atoms with Crippen LogP contribution >= 0.6 is 23.1 Å². The molecule has 1 aliphatic rings. The average molecular weight is 472 g/mol. The molecular formula is C19H17N7O4S2. The molecule has 0 amide bonds. The molecule has 11 nitrogen and oxygen atoms in total. The fourth-order valence-corrected chi connectivity index (χ4v) is 4.94. The van der Waals surface area contributed by atoms with Gasteiger partial charge in [0.05, 0.1) is 18.4 Å². The summed E-state index contributed by atoms with van der Waals surface area (Å²) in [5.41, 5.74) is 6.10. The van der Waals surface area contributed by atoms with Crippen molar-refractivity contribution in [1.29, 1.82) is 0 Å². The SMILES string of the molecule is [C-]#[N+]c1ncc(C#C)cc1S[C@H]1OC(CO)[C@H](O)[C@H](n2cc(-c3csc(N)n3)nn2)C1O. The zero-order valence-electron chi connectivity index (χ0n) is 16.3. The summed E-state index contributed by atoms with van der Waals surface area (Å²) in [7, 11) is 0. The molecule has 13 heteroatoms. The molecular weight excluding hydrogens is 454 g/mol. The molecule has 0 aromatic carbocycles. The largest absolute Gasteiger partial charge is 0.394 e. The van der Waals surface area contributed by atoms with E-state index in [0.29, 0.717) is 27.0 Å². The third-order valence-electron chi connectivity index (χ3n) is 4.80. The minimum atomic E-state index is -1.28. The van der Waals surface area contributed by atoms with E-state index in [9.17, 15) is 15.3 Å². The second kappa shape index (κ2) is 9.22. The van der Waals surface area contributed by atoms with Crippen molar-refractivity contribution in [2.75, 3.05) is 12.3 Å². The molecule has 1 saturated heterocycles. The number of ether oxygens (including phenoxy) is 1. The van der Waals surface area contributed by atoms with Crippen molar-refractivity contribution in [3.05, 3.63) is 40.8 Å². The lowest BCUT2D eigenvalue weighted by Crippen LogP contribution is -2.55. The Balaban J connectivity index is 1.65. The maximum Gasteiger partial charge on any atom is 0.283 e. The molecule has 1 aliphatic heterocycles. The van der Waals surface area contributed by atoms with Gasteiger partial charge in [-0.1, -0.05) is 17.7 Å². The molecule has 3 aromatic rings. The highest BCUT2D eigenvalue weighted by Gasteiger charge is 2.46. The number of thioether (sulfide) groups is 1. The first-order valence-corrected chi connectivity index (χ1v) is 11.0. The first-order chi connectivity index (χ1) is 15.4. The van der Waals surface area contributed by atoms with Crippen molar-refractivity contribution in [2.45, 2.75) is 34.7 Å². The van der Waals surface area contributed by atoms with Crippen molar-refractivity contribution in [1.82, 2.24) is 25.0 Å². The Morgan fingerprint density at radius 2 is 2.19 bits per heavy atom. The average Bonchev–Trinajstić information content (AvgIpc) is 3.45. The van der Waals surface area contributed by atoms with Gasteiger partial charge in [0.15, 0.2) is 5.13 Å². The predicted octanol–water partition coefficient (Wildman–Crippen LogP) is 0.683. The lowest BCUT2D eigenvalue weighted by molar-refractivity contribution is -0.178. The Kier molecular flexibility index (Phi) is 6.38. The topological polar surface area (TPSA) is 157 Å². The second-order valence-electron chi connectivity index (χ2n) is 6.77. The monoisotopic (exact) mass is 471 g/mol. The highest BCUT2D eigenvalue weighted by molar-refractivity contribution is 8.00. The number of thiazole rings is 1. The number of aromatic nitrogens is 5. The summed E-state index contributed by atoms with van der Waals surface area (Å²) in [6.45, 7) is 6.83. The van der Waals surface area contributed by atoms with Crippen molar-refractivity contribution in [3.63, 3.8) is 0 Å². The smallest absolute Gasteiger partial charge is 0.283 e. The summed E-state index contributed by atoms with van der Waals surface area (Å²) in [5, 5.41) is 41.7. The molecule has 32 heavy (non-hydrogen) atoms. The van der Waals surface area contributed by atoms with Gasteiger partial charge in [0.25, 0.3) is 5.82 Å². The first-order valence-electron chi connectivity index (χ1n) is 9.21. The maximum atomic E-state index is 11.1. The summed E-state index contributed by atoms with van der Waals surface area (Å²) in [4.78, 5) is 12.0. The Morgan fingerprint density at radius 1 is 1.38 bits per heavy atom. The molecule has 164 valence electrons. The van der Waals surface area contributed by atoms with Gasteiger partial charge < -0.3 is 30.6 Å². The number of hydrogen-bond donors (Lipinski definition) is 4. The molecule has 0 bridgehead atoms. The van der Waals surface area contributed by atoms with Gasteiger partial charge in [-0.2, -0.15) is 0 Å². The molecule has 0 aliphatic carbocycles. The maximum absolute atomic E-state index is 11.1. The second-order valence-corrected chi connectivity index (χ2v) is 8.80. The van der Waals surface area contributed by atoms with Crippen molar-refractivity contribution in [3.8, 4) is 23.7 Å². The van der Waals surface area contributed by atoms with Crippen molar-refractivity contribution < 1.29 is 20.1 Å². The van der Waals surface area contributed by atoms with E-state index in [1.165, 1.54) is 28.4 Å². The Bertz CT molecular complexity index is 1200. The van der Waals surface area contributed by atoms with Crippen LogP contribution in [0, 0.1) is 18.9 Å². The van der Waals surface area contributed by atoms with Crippen LogP contribution in [-0.2, 0) is 4.74 Å². The van der Waals surface area contributed by atoms with Crippen LogP contribution in [0.4, 0.5) is 10.9 Å². The fraction of sp³-hybridized carbons (Fsp3) is 0.316. The van der Waals surface area contributed by atoms with Crippen molar-refractivity contribution >= 4 is 34.0 Å². The van der Waals surface area contributed by atoms with E-state index in [4.69, 9.17) is 23.5 Å². The van der Waals surface area contributed by atoms with E-state index in [0.717, 1.165) is 11.8 Å². The third-order valence-corrected chi connectivity index (χ3v) is 6.65. The van der Waals surface area contributed by atoms with Gasteiger partial charge in [-0.05, 0) is 6.07 Å². The number of nitrogen functional groups attached to an aromatic ring is 1. The van der Waals surface area contributed by atoms with Gasteiger partial charge in [-0.3, -0.25) is 0 Å². The fourth-order valence-electron chi connectivity index (χ4n) is 3.23. The van der Waals surface area contributed by atoms with E-state index >= 15 is 0 Å². The molecule has 5 N–H and O–H groups in total. The number of hydrogen-bond acceptors (Lipinski definition) is 11. The number of aliphatic hydroxyl groups is 3. The zero-order chi connectivity index (χ0) is 22.8. The molecule has 2 unspecified atom stereocenters. The quantitative estimate of drug-likeness (QED) is 0.308. The number of pyridine rings is 1. The lowest BCUT2D eigenvalue weighted by Gasteiger charge is -2.41. The highest BCUT2D eigenvalue weighted by Crippen LogP contribution is 2.40. The van der Waals surface area contributed by atoms with Crippen LogP contribution in [0.15, 0.2) is 28.7 Å². The number of aliphatic hydroxyl groups excluding tert-OH is 3. The Labute approximate surface area is 190 Å². The third kappa shape index (κ3) is 4.18. The molecule has 1 fully saturated rings. The van der Waals surface area contributed by atoms with Crippen LogP contribution in [0.3, 0.4) is 0 Å². The van der Waals surface area contributed by atoms with Crippen LogP contribution in [0.1, 0.15) is 11.6 Å². The lowest BCUT2D eigenvalue weighted by atomic mass is 9.97. The highest BCUT2D eigenvalue weighted by atomic mass is 32.2. The van der Waals surface area contributed by atoms with Crippen LogP contribution in [0.25, 0.3) is 16.2 Å². The van der Waals surface area contributed by atoms with Gasteiger partial charge in [0.2, 0.25) is 0 Å². The van der Waals surface area contributed by atoms with Crippen LogP contribution < -0.4 is 5.73 Å². The standard InChI is InChI=1S/C19H17N7O4S2/c1-3-9-4-13(17(21-2)22-5-9)32-18-16(29)14(15(28)12(7-27)30-18)26-6-10(24-25-26)11-8-31-19(20)23-11/h1,4-6,8,12,14-16,18,27-29H,7H2,(H2,20,23)/t12?,14-,15-,16?,18+/m0/s1. The van der Waals surface area contributed by atoms with Crippen molar-refractivity contribution in [2.24, 2.45) is 0 Å². The number of terminal acetylenes is 1. The first kappa shape index (κ1) is 22.2. The normalized spacial score (nSPS) is 25.2. The van der Waals surface area contributed by atoms with Gasteiger partial charge in [0, 0.05) is 10.3 Å². The van der Waals surface area contributed by atoms with Crippen LogP contribution in [0.5, 0.6) is 0 Å². The Hall–Kier alpha value is -3.04. The molecule has 5 atom stereocenters. The van der Waals surface area contributed by atoms with Gasteiger partial charge in [-0.15, -0.1) is 39.6 Å². The molecule has 4 heterocycles.